The predicted molar refractivity (Wildman–Crippen MR) is 36.5 cm³/mol. The molecule has 2 rings (SSSR count). The molecule has 1 atom stereocenters. The first-order valence-electron chi connectivity index (χ1n) is 3.52. The van der Waals surface area contributed by atoms with E-state index in [-0.39, 0.29) is 5.54 Å². The molecule has 1 heterocycles. The van der Waals surface area contributed by atoms with Crippen LogP contribution in [0.25, 0.3) is 0 Å². The van der Waals surface area contributed by atoms with Gasteiger partial charge in [0.2, 0.25) is 0 Å². The van der Waals surface area contributed by atoms with E-state index in [1.807, 2.05) is 6.20 Å². The fourth-order valence-electron chi connectivity index (χ4n) is 1.37. The zero-order chi connectivity index (χ0) is 6.32. The average molecular weight is 124 g/mol. The lowest BCUT2D eigenvalue weighted by atomic mass is 9.98. The van der Waals surface area contributed by atoms with E-state index in [2.05, 4.69) is 23.9 Å². The first-order chi connectivity index (χ1) is 4.31. The van der Waals surface area contributed by atoms with E-state index < -0.39 is 0 Å². The Bertz CT molecular complexity index is 149. The zero-order valence-electron chi connectivity index (χ0n) is 5.65. The lowest BCUT2D eigenvalue weighted by molar-refractivity contribution is 0.388. The summed E-state index contributed by atoms with van der Waals surface area (Å²) in [4.78, 5) is 0. The van der Waals surface area contributed by atoms with Crippen molar-refractivity contribution in [2.24, 2.45) is 5.92 Å². The van der Waals surface area contributed by atoms with Crippen LogP contribution < -0.4 is 10.9 Å². The van der Waals surface area contributed by atoms with Crippen LogP contribution in [0.3, 0.4) is 0 Å². The van der Waals surface area contributed by atoms with Crippen LogP contribution in [0.4, 0.5) is 0 Å². The summed E-state index contributed by atoms with van der Waals surface area (Å²) in [6.07, 6.45) is 6.97. The summed E-state index contributed by atoms with van der Waals surface area (Å²) >= 11 is 0. The highest BCUT2D eigenvalue weighted by molar-refractivity contribution is 5.14. The Morgan fingerprint density at radius 1 is 1.56 bits per heavy atom. The molecule has 1 aliphatic heterocycles. The van der Waals surface area contributed by atoms with Gasteiger partial charge in [-0.05, 0) is 31.8 Å². The maximum Gasteiger partial charge on any atom is 0.0567 e. The smallest absolute Gasteiger partial charge is 0.0567 e. The molecule has 1 fully saturated rings. The normalized spacial score (nSPS) is 41.0. The summed E-state index contributed by atoms with van der Waals surface area (Å²) in [7, 11) is 0. The van der Waals surface area contributed by atoms with Gasteiger partial charge >= 0.3 is 0 Å². The Hall–Kier alpha value is -0.500. The Labute approximate surface area is 55.3 Å². The van der Waals surface area contributed by atoms with Crippen LogP contribution in [0.15, 0.2) is 12.3 Å². The molecule has 0 aromatic heterocycles. The van der Waals surface area contributed by atoms with Crippen molar-refractivity contribution in [1.82, 2.24) is 10.9 Å². The lowest BCUT2D eigenvalue weighted by Gasteiger charge is -2.20. The number of hydrazine groups is 1. The molecule has 0 amide bonds. The summed E-state index contributed by atoms with van der Waals surface area (Å²) < 4.78 is 0. The second kappa shape index (κ2) is 1.51. The molecular weight excluding hydrogens is 112 g/mol. The molecule has 0 aromatic carbocycles. The van der Waals surface area contributed by atoms with Crippen molar-refractivity contribution in [2.45, 2.75) is 25.3 Å². The van der Waals surface area contributed by atoms with Crippen LogP contribution in [0.2, 0.25) is 0 Å². The number of rotatable bonds is 1. The molecule has 9 heavy (non-hydrogen) atoms. The van der Waals surface area contributed by atoms with Gasteiger partial charge in [0.15, 0.2) is 0 Å². The topological polar surface area (TPSA) is 24.1 Å². The quantitative estimate of drug-likeness (QED) is 0.539. The molecule has 0 saturated heterocycles. The monoisotopic (exact) mass is 124 g/mol. The summed E-state index contributed by atoms with van der Waals surface area (Å²) in [6, 6.07) is 0. The number of nitrogens with one attached hydrogen (secondary N) is 2. The molecule has 50 valence electrons. The fourth-order valence-corrected chi connectivity index (χ4v) is 1.37. The molecule has 2 nitrogen and oxygen atoms in total. The molecule has 2 aliphatic rings. The van der Waals surface area contributed by atoms with Crippen molar-refractivity contribution in [3.05, 3.63) is 12.3 Å². The minimum Gasteiger partial charge on any atom is -0.328 e. The molecule has 0 bridgehead atoms. The molecule has 1 saturated carbocycles. The lowest BCUT2D eigenvalue weighted by Crippen LogP contribution is -2.43. The highest BCUT2D eigenvalue weighted by Crippen LogP contribution is 2.40. The molecule has 0 radical (unpaired) electrons. The zero-order valence-corrected chi connectivity index (χ0v) is 5.65. The Balaban J connectivity index is 2.12. The van der Waals surface area contributed by atoms with Gasteiger partial charge in [0.05, 0.1) is 5.54 Å². The van der Waals surface area contributed by atoms with Gasteiger partial charge in [-0.2, -0.15) is 0 Å². The minimum atomic E-state index is 0.264. The Morgan fingerprint density at radius 3 is 2.78 bits per heavy atom. The summed E-state index contributed by atoms with van der Waals surface area (Å²) in [5.41, 5.74) is 6.50. The second-order valence-electron chi connectivity index (χ2n) is 3.16. The van der Waals surface area contributed by atoms with Crippen LogP contribution in [0.5, 0.6) is 0 Å². The van der Waals surface area contributed by atoms with Gasteiger partial charge in [-0.1, -0.05) is 0 Å². The average Bonchev–Trinajstić information content (AvgIpc) is 2.60. The van der Waals surface area contributed by atoms with Gasteiger partial charge in [-0.3, -0.25) is 0 Å². The van der Waals surface area contributed by atoms with Crippen molar-refractivity contribution < 1.29 is 0 Å². The van der Waals surface area contributed by atoms with Gasteiger partial charge in [0, 0.05) is 6.20 Å². The highest BCUT2D eigenvalue weighted by Gasteiger charge is 2.40. The van der Waals surface area contributed by atoms with Crippen molar-refractivity contribution in [1.29, 1.82) is 0 Å². The molecule has 2 N–H and O–H groups in total. The van der Waals surface area contributed by atoms with Gasteiger partial charge in [0.1, 0.15) is 0 Å². The van der Waals surface area contributed by atoms with Crippen molar-refractivity contribution >= 4 is 0 Å². The second-order valence-corrected chi connectivity index (χ2v) is 3.16. The van der Waals surface area contributed by atoms with Crippen molar-refractivity contribution in [3.63, 3.8) is 0 Å². The van der Waals surface area contributed by atoms with Crippen molar-refractivity contribution in [3.8, 4) is 0 Å². The van der Waals surface area contributed by atoms with Crippen molar-refractivity contribution in [2.75, 3.05) is 0 Å². The molecule has 2 heteroatoms. The largest absolute Gasteiger partial charge is 0.328 e. The van der Waals surface area contributed by atoms with E-state index in [0.717, 1.165) is 5.92 Å². The highest BCUT2D eigenvalue weighted by atomic mass is 15.4. The number of hydrogen-bond acceptors (Lipinski definition) is 2. The van der Waals surface area contributed by atoms with Crippen LogP contribution in [-0.2, 0) is 0 Å². The summed E-state index contributed by atoms with van der Waals surface area (Å²) in [5.74, 6) is 0.878. The molecule has 0 spiro atoms. The number of hydrogen-bond donors (Lipinski definition) is 2. The third-order valence-electron chi connectivity index (χ3n) is 2.28. The third kappa shape index (κ3) is 0.741. The van der Waals surface area contributed by atoms with E-state index >= 15 is 0 Å². The predicted octanol–water partition coefficient (Wildman–Crippen LogP) is 0.777. The first-order valence-corrected chi connectivity index (χ1v) is 3.52. The van der Waals surface area contributed by atoms with E-state index in [1.165, 1.54) is 12.8 Å². The minimum absolute atomic E-state index is 0.264. The molecular formula is C7H12N2. The van der Waals surface area contributed by atoms with E-state index in [0.29, 0.717) is 0 Å². The van der Waals surface area contributed by atoms with Crippen LogP contribution in [0.1, 0.15) is 19.8 Å². The van der Waals surface area contributed by atoms with E-state index in [4.69, 9.17) is 0 Å². The maximum absolute atomic E-state index is 3.23. The standard InChI is InChI=1S/C7H12N2/c1-7(6-2-3-6)4-5-8-9-7/h4-6,8-9H,2-3H2,1H3. The molecule has 1 aliphatic carbocycles. The first kappa shape index (κ1) is 5.30. The third-order valence-corrected chi connectivity index (χ3v) is 2.28. The van der Waals surface area contributed by atoms with Crippen LogP contribution in [0, 0.1) is 5.92 Å². The van der Waals surface area contributed by atoms with Gasteiger partial charge in [-0.15, -0.1) is 0 Å². The maximum atomic E-state index is 3.23. The van der Waals surface area contributed by atoms with Gasteiger partial charge in [-0.25, -0.2) is 5.43 Å². The van der Waals surface area contributed by atoms with E-state index in [1.54, 1.807) is 0 Å². The summed E-state index contributed by atoms with van der Waals surface area (Å²) in [6.45, 7) is 2.24. The summed E-state index contributed by atoms with van der Waals surface area (Å²) in [5, 5.41) is 0. The van der Waals surface area contributed by atoms with Gasteiger partial charge < -0.3 is 5.43 Å². The Morgan fingerprint density at radius 2 is 2.33 bits per heavy atom. The van der Waals surface area contributed by atoms with Crippen LogP contribution in [-0.4, -0.2) is 5.54 Å². The Kier molecular flexibility index (Phi) is 0.887. The van der Waals surface area contributed by atoms with Crippen LogP contribution >= 0.6 is 0 Å². The molecule has 0 aromatic rings. The fraction of sp³-hybridized carbons (Fsp3) is 0.714. The molecule has 1 unspecified atom stereocenters. The SMILES string of the molecule is CC1(C2CC2)C=CNN1. The van der Waals surface area contributed by atoms with E-state index in [9.17, 15) is 0 Å². The van der Waals surface area contributed by atoms with Gasteiger partial charge in [0.25, 0.3) is 0 Å².